The molecule has 2 N–H and O–H groups in total. The van der Waals surface area contributed by atoms with E-state index >= 15 is 0 Å². The highest BCUT2D eigenvalue weighted by Crippen LogP contribution is 2.25. The molecular weight excluding hydrogens is 258 g/mol. The Balaban J connectivity index is 2.13. The van der Waals surface area contributed by atoms with Gasteiger partial charge in [0.2, 0.25) is 0 Å². The van der Waals surface area contributed by atoms with Crippen LogP contribution in [0.2, 0.25) is 5.02 Å². The molecule has 0 saturated carbocycles. The number of aliphatic hydroxyl groups is 1. The fourth-order valence-corrected chi connectivity index (χ4v) is 2.46. The third-order valence-electron chi connectivity index (χ3n) is 3.21. The van der Waals surface area contributed by atoms with Crippen LogP contribution < -0.4 is 5.32 Å². The van der Waals surface area contributed by atoms with E-state index in [9.17, 15) is 5.11 Å². The molecule has 2 atom stereocenters. The number of hydrogen-bond donors (Lipinski definition) is 2. The second-order valence-electron chi connectivity index (χ2n) is 4.56. The van der Waals surface area contributed by atoms with Crippen molar-refractivity contribution in [2.75, 3.05) is 6.61 Å². The summed E-state index contributed by atoms with van der Waals surface area (Å²) in [6, 6.07) is 17.7. The quantitative estimate of drug-likeness (QED) is 0.872. The zero-order valence-electron chi connectivity index (χ0n) is 10.9. The van der Waals surface area contributed by atoms with Crippen LogP contribution in [0.25, 0.3) is 0 Å². The second-order valence-corrected chi connectivity index (χ2v) is 4.96. The molecule has 2 aromatic carbocycles. The molecule has 2 rings (SSSR count). The van der Waals surface area contributed by atoms with Crippen molar-refractivity contribution >= 4 is 11.6 Å². The van der Waals surface area contributed by atoms with E-state index in [1.165, 1.54) is 0 Å². The molecule has 0 aliphatic heterocycles. The smallest absolute Gasteiger partial charge is 0.0626 e. The lowest BCUT2D eigenvalue weighted by Gasteiger charge is -2.23. The lowest BCUT2D eigenvalue weighted by molar-refractivity contribution is 0.235. The van der Waals surface area contributed by atoms with Crippen LogP contribution in [-0.2, 0) is 0 Å². The fraction of sp³-hybridized carbons (Fsp3) is 0.250. The average molecular weight is 276 g/mol. The molecule has 0 spiro atoms. The standard InChI is InChI=1S/C16H18ClNO/c1-12(14-9-5-6-10-15(14)17)18-16(11-19)13-7-3-2-4-8-13/h2-10,12,16,18-19H,11H2,1H3/t12?,16-/m1/s1. The molecule has 0 aromatic heterocycles. The average Bonchev–Trinajstić information content (AvgIpc) is 2.46. The summed E-state index contributed by atoms with van der Waals surface area (Å²) in [7, 11) is 0. The minimum atomic E-state index is -0.0903. The first-order chi connectivity index (χ1) is 9.22. The van der Waals surface area contributed by atoms with Gasteiger partial charge in [0.25, 0.3) is 0 Å². The maximum atomic E-state index is 9.55. The van der Waals surface area contributed by atoms with Gasteiger partial charge in [0.05, 0.1) is 12.6 Å². The Morgan fingerprint density at radius 2 is 1.68 bits per heavy atom. The van der Waals surface area contributed by atoms with Crippen molar-refractivity contribution in [1.82, 2.24) is 5.32 Å². The van der Waals surface area contributed by atoms with Crippen molar-refractivity contribution in [1.29, 1.82) is 0 Å². The van der Waals surface area contributed by atoms with Gasteiger partial charge < -0.3 is 10.4 Å². The summed E-state index contributed by atoms with van der Waals surface area (Å²) in [5, 5.41) is 13.7. The van der Waals surface area contributed by atoms with Crippen LogP contribution in [0, 0.1) is 0 Å². The zero-order valence-corrected chi connectivity index (χ0v) is 11.6. The molecule has 0 amide bonds. The van der Waals surface area contributed by atoms with Crippen LogP contribution in [0.5, 0.6) is 0 Å². The van der Waals surface area contributed by atoms with Crippen molar-refractivity contribution < 1.29 is 5.11 Å². The van der Waals surface area contributed by atoms with E-state index in [-0.39, 0.29) is 18.7 Å². The summed E-state index contributed by atoms with van der Waals surface area (Å²) >= 11 is 6.19. The number of nitrogens with one attached hydrogen (secondary N) is 1. The molecule has 1 unspecified atom stereocenters. The van der Waals surface area contributed by atoms with Gasteiger partial charge in [-0.05, 0) is 24.1 Å². The van der Waals surface area contributed by atoms with Crippen molar-refractivity contribution in [3.05, 3.63) is 70.7 Å². The molecule has 0 radical (unpaired) electrons. The number of halogens is 1. The third kappa shape index (κ3) is 3.57. The molecule has 3 heteroatoms. The molecule has 0 saturated heterocycles. The Kier molecular flexibility index (Phi) is 4.97. The van der Waals surface area contributed by atoms with Gasteiger partial charge in [0.15, 0.2) is 0 Å². The first-order valence-corrected chi connectivity index (χ1v) is 6.76. The van der Waals surface area contributed by atoms with E-state index in [1.54, 1.807) is 0 Å². The topological polar surface area (TPSA) is 32.3 Å². The lowest BCUT2D eigenvalue weighted by atomic mass is 10.0. The molecule has 2 nitrogen and oxygen atoms in total. The molecule has 2 aromatic rings. The van der Waals surface area contributed by atoms with Gasteiger partial charge in [-0.15, -0.1) is 0 Å². The van der Waals surface area contributed by atoms with E-state index in [2.05, 4.69) is 5.32 Å². The van der Waals surface area contributed by atoms with Crippen LogP contribution in [0.4, 0.5) is 0 Å². The van der Waals surface area contributed by atoms with Gasteiger partial charge in [-0.1, -0.05) is 60.1 Å². The van der Waals surface area contributed by atoms with Gasteiger partial charge in [-0.3, -0.25) is 0 Å². The zero-order chi connectivity index (χ0) is 13.7. The van der Waals surface area contributed by atoms with Crippen LogP contribution in [-0.4, -0.2) is 11.7 Å². The Labute approximate surface area is 119 Å². The van der Waals surface area contributed by atoms with Gasteiger partial charge in [0, 0.05) is 11.1 Å². The molecule has 0 fully saturated rings. The van der Waals surface area contributed by atoms with E-state index < -0.39 is 0 Å². The lowest BCUT2D eigenvalue weighted by Crippen LogP contribution is -2.27. The largest absolute Gasteiger partial charge is 0.394 e. The third-order valence-corrected chi connectivity index (χ3v) is 3.55. The maximum absolute atomic E-state index is 9.55. The minimum Gasteiger partial charge on any atom is -0.394 e. The predicted molar refractivity (Wildman–Crippen MR) is 79.3 cm³/mol. The second kappa shape index (κ2) is 6.71. The first kappa shape index (κ1) is 14.1. The van der Waals surface area contributed by atoms with Gasteiger partial charge >= 0.3 is 0 Å². The van der Waals surface area contributed by atoms with Crippen LogP contribution >= 0.6 is 11.6 Å². The van der Waals surface area contributed by atoms with Crippen molar-refractivity contribution in [3.8, 4) is 0 Å². The SMILES string of the molecule is CC(N[C@H](CO)c1ccccc1)c1ccccc1Cl. The van der Waals surface area contributed by atoms with Crippen molar-refractivity contribution in [2.24, 2.45) is 0 Å². The predicted octanol–water partition coefficient (Wildman–Crippen LogP) is 3.72. The Morgan fingerprint density at radius 1 is 1.05 bits per heavy atom. The van der Waals surface area contributed by atoms with Crippen LogP contribution in [0.15, 0.2) is 54.6 Å². The summed E-state index contributed by atoms with van der Waals surface area (Å²) in [6.45, 7) is 2.10. The summed E-state index contributed by atoms with van der Waals surface area (Å²) in [5.74, 6) is 0. The molecule has 19 heavy (non-hydrogen) atoms. The van der Waals surface area contributed by atoms with Crippen molar-refractivity contribution in [3.63, 3.8) is 0 Å². The summed E-state index contributed by atoms with van der Waals surface area (Å²) in [6.07, 6.45) is 0. The number of aliphatic hydroxyl groups excluding tert-OH is 1. The summed E-state index contributed by atoms with van der Waals surface area (Å²) < 4.78 is 0. The normalized spacial score (nSPS) is 14.1. The highest BCUT2D eigenvalue weighted by atomic mass is 35.5. The molecule has 0 bridgehead atoms. The number of rotatable bonds is 5. The Bertz CT molecular complexity index is 515. The van der Waals surface area contributed by atoms with E-state index in [0.717, 1.165) is 16.1 Å². The van der Waals surface area contributed by atoms with Crippen molar-refractivity contribution in [2.45, 2.75) is 19.0 Å². The van der Waals surface area contributed by atoms with E-state index in [1.807, 2.05) is 61.5 Å². The summed E-state index contributed by atoms with van der Waals surface area (Å²) in [4.78, 5) is 0. The van der Waals surface area contributed by atoms with Gasteiger partial charge in [0.1, 0.15) is 0 Å². The molecule has 0 aliphatic carbocycles. The van der Waals surface area contributed by atoms with Crippen LogP contribution in [0.1, 0.15) is 30.1 Å². The monoisotopic (exact) mass is 275 g/mol. The minimum absolute atomic E-state index is 0.0544. The Morgan fingerprint density at radius 3 is 2.32 bits per heavy atom. The number of hydrogen-bond acceptors (Lipinski definition) is 2. The van der Waals surface area contributed by atoms with E-state index in [4.69, 9.17) is 11.6 Å². The fourth-order valence-electron chi connectivity index (χ4n) is 2.16. The molecular formula is C16H18ClNO. The number of benzene rings is 2. The molecule has 0 heterocycles. The maximum Gasteiger partial charge on any atom is 0.0626 e. The first-order valence-electron chi connectivity index (χ1n) is 6.38. The van der Waals surface area contributed by atoms with Gasteiger partial charge in [-0.25, -0.2) is 0 Å². The van der Waals surface area contributed by atoms with Crippen LogP contribution in [0.3, 0.4) is 0 Å². The molecule has 100 valence electrons. The molecule has 0 aliphatic rings. The van der Waals surface area contributed by atoms with E-state index in [0.29, 0.717) is 0 Å². The van der Waals surface area contributed by atoms with Gasteiger partial charge in [-0.2, -0.15) is 0 Å². The summed E-state index contributed by atoms with van der Waals surface area (Å²) in [5.41, 5.74) is 2.11. The highest BCUT2D eigenvalue weighted by molar-refractivity contribution is 6.31. The highest BCUT2D eigenvalue weighted by Gasteiger charge is 2.15. The Hall–Kier alpha value is -1.35.